The highest BCUT2D eigenvalue weighted by Crippen LogP contribution is 2.29. The Morgan fingerprint density at radius 2 is 1.95 bits per heavy atom. The van der Waals surface area contributed by atoms with Crippen molar-refractivity contribution in [3.63, 3.8) is 0 Å². The Labute approximate surface area is 111 Å². The van der Waals surface area contributed by atoms with Crippen molar-refractivity contribution in [1.82, 2.24) is 15.5 Å². The van der Waals surface area contributed by atoms with E-state index in [1.165, 1.54) is 4.90 Å². The average molecular weight is 267 g/mol. The Kier molecular flexibility index (Phi) is 5.67. The molecular formula is C12H17N3O4. The first kappa shape index (κ1) is 14.8. The first-order valence-corrected chi connectivity index (χ1v) is 5.97. The zero-order valence-electron chi connectivity index (χ0n) is 10.5. The lowest BCUT2D eigenvalue weighted by Crippen LogP contribution is -2.45. The van der Waals surface area contributed by atoms with Gasteiger partial charge in [-0.05, 0) is 18.8 Å². The second kappa shape index (κ2) is 7.26. The molecule has 1 fully saturated rings. The Morgan fingerprint density at radius 3 is 2.47 bits per heavy atom. The lowest BCUT2D eigenvalue weighted by molar-refractivity contribution is -0.137. The fourth-order valence-corrected chi connectivity index (χ4v) is 1.45. The van der Waals surface area contributed by atoms with Crippen LogP contribution in [0.2, 0.25) is 0 Å². The van der Waals surface area contributed by atoms with E-state index in [2.05, 4.69) is 16.6 Å². The summed E-state index contributed by atoms with van der Waals surface area (Å²) in [5.41, 5.74) is 0. The maximum atomic E-state index is 11.8. The molecule has 7 nitrogen and oxygen atoms in total. The van der Waals surface area contributed by atoms with Crippen molar-refractivity contribution in [1.29, 1.82) is 0 Å². The maximum absolute atomic E-state index is 11.8. The molecule has 0 radical (unpaired) electrons. The van der Waals surface area contributed by atoms with Gasteiger partial charge in [0.25, 0.3) is 0 Å². The van der Waals surface area contributed by atoms with E-state index in [4.69, 9.17) is 11.5 Å². The Morgan fingerprint density at radius 1 is 1.26 bits per heavy atom. The summed E-state index contributed by atoms with van der Waals surface area (Å²) >= 11 is 0. The van der Waals surface area contributed by atoms with E-state index in [0.717, 1.165) is 12.8 Å². The molecule has 3 N–H and O–H groups in total. The second-order valence-corrected chi connectivity index (χ2v) is 4.36. The predicted molar refractivity (Wildman–Crippen MR) is 67.2 cm³/mol. The van der Waals surface area contributed by atoms with Crippen LogP contribution in [0.5, 0.6) is 0 Å². The molecule has 3 amide bonds. The van der Waals surface area contributed by atoms with E-state index in [9.17, 15) is 14.4 Å². The van der Waals surface area contributed by atoms with Crippen molar-refractivity contribution in [3.8, 4) is 12.3 Å². The summed E-state index contributed by atoms with van der Waals surface area (Å²) in [5.74, 6) is 1.21. The van der Waals surface area contributed by atoms with Gasteiger partial charge in [-0.2, -0.15) is 0 Å². The smallest absolute Gasteiger partial charge is 0.322 e. The molecule has 0 saturated heterocycles. The lowest BCUT2D eigenvalue weighted by Gasteiger charge is -2.20. The molecule has 0 spiro atoms. The summed E-state index contributed by atoms with van der Waals surface area (Å²) in [6, 6.07) is -0.407. The molecule has 0 bridgehead atoms. The summed E-state index contributed by atoms with van der Waals surface area (Å²) in [4.78, 5) is 34.7. The van der Waals surface area contributed by atoms with Crippen LogP contribution in [0.4, 0.5) is 4.79 Å². The van der Waals surface area contributed by atoms with Gasteiger partial charge >= 0.3 is 12.0 Å². The van der Waals surface area contributed by atoms with Crippen molar-refractivity contribution in [3.05, 3.63) is 0 Å². The van der Waals surface area contributed by atoms with Crippen LogP contribution in [-0.2, 0) is 9.59 Å². The van der Waals surface area contributed by atoms with Crippen LogP contribution in [0.1, 0.15) is 12.8 Å². The molecule has 0 unspecified atom stereocenters. The quantitative estimate of drug-likeness (QED) is 0.528. The summed E-state index contributed by atoms with van der Waals surface area (Å²) in [6.07, 6.45) is 7.37. The monoisotopic (exact) mass is 267 g/mol. The van der Waals surface area contributed by atoms with Gasteiger partial charge in [0.05, 0.1) is 13.1 Å². The maximum Gasteiger partial charge on any atom is 0.322 e. The van der Waals surface area contributed by atoms with E-state index in [0.29, 0.717) is 12.5 Å². The summed E-state index contributed by atoms with van der Waals surface area (Å²) < 4.78 is 0. The van der Waals surface area contributed by atoms with E-state index in [-0.39, 0.29) is 13.1 Å². The lowest BCUT2D eigenvalue weighted by atomic mass is 10.4. The van der Waals surface area contributed by atoms with Gasteiger partial charge in [0.2, 0.25) is 5.91 Å². The zero-order chi connectivity index (χ0) is 14.3. The molecule has 104 valence electrons. The molecule has 0 aromatic carbocycles. The van der Waals surface area contributed by atoms with Gasteiger partial charge in [-0.1, -0.05) is 5.92 Å². The van der Waals surface area contributed by atoms with Gasteiger partial charge in [-0.25, -0.2) is 4.79 Å². The average Bonchev–Trinajstić information content (AvgIpc) is 3.16. The van der Waals surface area contributed by atoms with Crippen molar-refractivity contribution < 1.29 is 19.5 Å². The SMILES string of the molecule is C#CCN(CC1CC1)C(=O)NCC(=O)NCC(=O)O. The van der Waals surface area contributed by atoms with Crippen LogP contribution in [0.3, 0.4) is 0 Å². The molecule has 0 aromatic rings. The summed E-state index contributed by atoms with van der Waals surface area (Å²) in [5, 5.41) is 12.9. The number of carboxylic acids is 1. The number of hydrogen-bond donors (Lipinski definition) is 3. The van der Waals surface area contributed by atoms with Gasteiger partial charge in [0, 0.05) is 6.54 Å². The van der Waals surface area contributed by atoms with Crippen LogP contribution < -0.4 is 10.6 Å². The number of carbonyl (C=O) groups excluding carboxylic acids is 2. The molecule has 0 aromatic heterocycles. The topological polar surface area (TPSA) is 98.7 Å². The molecule has 19 heavy (non-hydrogen) atoms. The second-order valence-electron chi connectivity index (χ2n) is 4.36. The normalized spacial score (nSPS) is 13.2. The third kappa shape index (κ3) is 6.31. The fraction of sp³-hybridized carbons (Fsp3) is 0.583. The number of aliphatic carboxylic acids is 1. The van der Waals surface area contributed by atoms with Gasteiger partial charge in [0.1, 0.15) is 6.54 Å². The predicted octanol–water partition coefficient (Wildman–Crippen LogP) is -0.758. The highest BCUT2D eigenvalue weighted by atomic mass is 16.4. The molecule has 1 rings (SSSR count). The molecule has 1 aliphatic carbocycles. The van der Waals surface area contributed by atoms with E-state index in [1.807, 2.05) is 0 Å². The molecule has 1 aliphatic rings. The number of hydrogen-bond acceptors (Lipinski definition) is 3. The Bertz CT molecular complexity index is 398. The number of carboxylic acid groups (broad SMARTS) is 1. The molecule has 0 atom stereocenters. The minimum absolute atomic E-state index is 0.194. The minimum Gasteiger partial charge on any atom is -0.480 e. The first-order chi connectivity index (χ1) is 9.02. The Hall–Kier alpha value is -2.23. The number of nitrogens with zero attached hydrogens (tertiary/aromatic N) is 1. The van der Waals surface area contributed by atoms with Crippen LogP contribution >= 0.6 is 0 Å². The number of nitrogens with one attached hydrogen (secondary N) is 2. The van der Waals surface area contributed by atoms with Crippen molar-refractivity contribution in [2.75, 3.05) is 26.2 Å². The van der Waals surface area contributed by atoms with Gasteiger partial charge in [0.15, 0.2) is 0 Å². The molecule has 1 saturated carbocycles. The van der Waals surface area contributed by atoms with Crippen LogP contribution in [0.15, 0.2) is 0 Å². The summed E-state index contributed by atoms with van der Waals surface area (Å²) in [7, 11) is 0. The number of amides is 3. The Balaban J connectivity index is 2.28. The number of carbonyl (C=O) groups is 3. The number of rotatable bonds is 7. The fourth-order valence-electron chi connectivity index (χ4n) is 1.45. The van der Waals surface area contributed by atoms with Gasteiger partial charge < -0.3 is 20.6 Å². The van der Waals surface area contributed by atoms with Crippen LogP contribution in [0, 0.1) is 18.3 Å². The van der Waals surface area contributed by atoms with Gasteiger partial charge in [-0.15, -0.1) is 6.42 Å². The van der Waals surface area contributed by atoms with E-state index >= 15 is 0 Å². The number of urea groups is 1. The highest BCUT2D eigenvalue weighted by Gasteiger charge is 2.26. The van der Waals surface area contributed by atoms with Crippen molar-refractivity contribution in [2.24, 2.45) is 5.92 Å². The van der Waals surface area contributed by atoms with Gasteiger partial charge in [-0.3, -0.25) is 9.59 Å². The highest BCUT2D eigenvalue weighted by molar-refractivity contribution is 5.86. The third-order valence-electron chi connectivity index (χ3n) is 2.58. The van der Waals surface area contributed by atoms with Crippen molar-refractivity contribution >= 4 is 17.9 Å². The van der Waals surface area contributed by atoms with Crippen LogP contribution in [0.25, 0.3) is 0 Å². The molecule has 0 aliphatic heterocycles. The minimum atomic E-state index is -1.14. The third-order valence-corrected chi connectivity index (χ3v) is 2.58. The summed E-state index contributed by atoms with van der Waals surface area (Å²) in [6.45, 7) is 0.0502. The molecule has 0 heterocycles. The van der Waals surface area contributed by atoms with E-state index < -0.39 is 24.5 Å². The van der Waals surface area contributed by atoms with Crippen molar-refractivity contribution in [2.45, 2.75) is 12.8 Å². The molecule has 7 heteroatoms. The first-order valence-electron chi connectivity index (χ1n) is 5.97. The standard InChI is InChI=1S/C12H17N3O4/c1-2-5-15(8-9-3-4-9)12(19)14-6-10(16)13-7-11(17)18/h1,9H,3-8H2,(H,13,16)(H,14,19)(H,17,18). The zero-order valence-corrected chi connectivity index (χ0v) is 10.5. The van der Waals surface area contributed by atoms with E-state index in [1.54, 1.807) is 0 Å². The van der Waals surface area contributed by atoms with Crippen LogP contribution in [-0.4, -0.2) is 54.1 Å². The molecular weight excluding hydrogens is 250 g/mol. The number of terminal acetylenes is 1. The largest absolute Gasteiger partial charge is 0.480 e.